The lowest BCUT2D eigenvalue weighted by Gasteiger charge is -2.60. The summed E-state index contributed by atoms with van der Waals surface area (Å²) in [7, 11) is 5.51. The Hall–Kier alpha value is -1.50. The molecule has 0 aromatic carbocycles. The summed E-state index contributed by atoms with van der Waals surface area (Å²) in [5.74, 6) is -3.07. The van der Waals surface area contributed by atoms with Gasteiger partial charge < -0.3 is 18.9 Å². The van der Waals surface area contributed by atoms with Crippen LogP contribution in [0.5, 0.6) is 0 Å². The van der Waals surface area contributed by atoms with Crippen LogP contribution in [0, 0.1) is 11.3 Å². The maximum Gasteiger partial charge on any atom is 0.334 e. The van der Waals surface area contributed by atoms with Crippen molar-refractivity contribution >= 4 is 11.8 Å². The highest BCUT2D eigenvalue weighted by Gasteiger charge is 2.72. The Balaban J connectivity index is 2.81. The minimum absolute atomic E-state index is 0.330. The number of hydrogen-bond acceptors (Lipinski definition) is 6. The second-order valence-electron chi connectivity index (χ2n) is 6.31. The molecule has 0 aromatic heterocycles. The van der Waals surface area contributed by atoms with Crippen LogP contribution in [0.1, 0.15) is 20.3 Å². The van der Waals surface area contributed by atoms with E-state index < -0.39 is 28.7 Å². The third kappa shape index (κ3) is 1.92. The monoisotopic (exact) mass is 324 g/mol. The van der Waals surface area contributed by atoms with Crippen molar-refractivity contribution in [2.75, 3.05) is 28.4 Å². The third-order valence-electron chi connectivity index (χ3n) is 5.57. The van der Waals surface area contributed by atoms with Crippen LogP contribution in [0.25, 0.3) is 0 Å². The van der Waals surface area contributed by atoms with E-state index in [1.165, 1.54) is 28.4 Å². The van der Waals surface area contributed by atoms with Crippen molar-refractivity contribution in [2.24, 2.45) is 11.3 Å². The number of ether oxygens (including phenoxy) is 4. The zero-order valence-electron chi connectivity index (χ0n) is 14.5. The molecule has 0 amide bonds. The van der Waals surface area contributed by atoms with E-state index in [-0.39, 0.29) is 5.78 Å². The number of carbonyl (C=O) groups is 2. The molecular formula is C17H24O6. The van der Waals surface area contributed by atoms with E-state index in [9.17, 15) is 9.59 Å². The first-order valence-corrected chi connectivity index (χ1v) is 7.38. The van der Waals surface area contributed by atoms with Gasteiger partial charge in [0.25, 0.3) is 0 Å². The largest absolute Gasteiger partial charge is 0.466 e. The Morgan fingerprint density at radius 2 is 1.78 bits per heavy atom. The lowest BCUT2D eigenvalue weighted by Crippen LogP contribution is -2.73. The van der Waals surface area contributed by atoms with E-state index in [0.29, 0.717) is 12.0 Å². The molecule has 0 aromatic rings. The van der Waals surface area contributed by atoms with Gasteiger partial charge in [-0.1, -0.05) is 19.1 Å². The molecule has 6 nitrogen and oxygen atoms in total. The Morgan fingerprint density at radius 3 is 2.17 bits per heavy atom. The van der Waals surface area contributed by atoms with Gasteiger partial charge in [0.1, 0.15) is 0 Å². The zero-order valence-corrected chi connectivity index (χ0v) is 14.5. The second-order valence-corrected chi connectivity index (χ2v) is 6.31. The molecule has 0 radical (unpaired) electrons. The highest BCUT2D eigenvalue weighted by molar-refractivity contribution is 6.05. The predicted molar refractivity (Wildman–Crippen MR) is 82.6 cm³/mol. The molecule has 2 bridgehead atoms. The molecule has 3 aliphatic rings. The number of rotatable bonds is 5. The van der Waals surface area contributed by atoms with Gasteiger partial charge >= 0.3 is 5.97 Å². The lowest BCUT2D eigenvalue weighted by molar-refractivity contribution is -0.266. The Labute approximate surface area is 136 Å². The standard InChI is InChI=1S/C17H24O6/c1-10(2)15(3)9-12-11(13(18)20-4)8-16(15,21-5)14(19)17(12,22-6)23-7/h8,12H,1,9H2,2-7H3/t12-,15-,16-/m0/s1. The van der Waals surface area contributed by atoms with E-state index in [1.54, 1.807) is 6.08 Å². The van der Waals surface area contributed by atoms with E-state index in [0.717, 1.165) is 5.57 Å². The van der Waals surface area contributed by atoms with Gasteiger partial charge in [0.05, 0.1) is 13.0 Å². The molecule has 3 rings (SSSR count). The third-order valence-corrected chi connectivity index (χ3v) is 5.57. The van der Waals surface area contributed by atoms with Crippen LogP contribution in [0.4, 0.5) is 0 Å². The van der Waals surface area contributed by atoms with E-state index in [1.807, 2.05) is 13.8 Å². The Morgan fingerprint density at radius 1 is 1.22 bits per heavy atom. The number of esters is 1. The lowest BCUT2D eigenvalue weighted by atomic mass is 9.50. The molecule has 0 spiro atoms. The second kappa shape index (κ2) is 5.54. The summed E-state index contributed by atoms with van der Waals surface area (Å²) in [4.78, 5) is 25.5. The molecule has 0 unspecified atom stereocenters. The summed E-state index contributed by atoms with van der Waals surface area (Å²) in [6.07, 6.45) is 1.98. The Kier molecular flexibility index (Phi) is 4.30. The SMILES string of the molecule is C=C(C)[C@]1(C)C[C@H]2C(C(=O)OC)=C[C@]1(OC)C(=O)C2(OC)OC. The topological polar surface area (TPSA) is 71.1 Å². The molecule has 0 aliphatic heterocycles. The van der Waals surface area contributed by atoms with Crippen LogP contribution in [0.3, 0.4) is 0 Å². The average molecular weight is 324 g/mol. The summed E-state index contributed by atoms with van der Waals surface area (Å²) in [6, 6.07) is 0. The summed E-state index contributed by atoms with van der Waals surface area (Å²) in [5, 5.41) is 0. The van der Waals surface area contributed by atoms with Gasteiger partial charge in [0.15, 0.2) is 5.60 Å². The molecule has 23 heavy (non-hydrogen) atoms. The molecule has 3 aliphatic carbocycles. The summed E-state index contributed by atoms with van der Waals surface area (Å²) >= 11 is 0. The fourth-order valence-electron chi connectivity index (χ4n) is 3.96. The molecule has 128 valence electrons. The highest BCUT2D eigenvalue weighted by Crippen LogP contribution is 2.61. The maximum absolute atomic E-state index is 13.3. The van der Waals surface area contributed by atoms with Crippen LogP contribution < -0.4 is 0 Å². The van der Waals surface area contributed by atoms with Crippen molar-refractivity contribution in [1.29, 1.82) is 0 Å². The molecular weight excluding hydrogens is 300 g/mol. The molecule has 0 heterocycles. The average Bonchev–Trinajstić information content (AvgIpc) is 2.55. The van der Waals surface area contributed by atoms with Gasteiger partial charge in [-0.2, -0.15) is 0 Å². The van der Waals surface area contributed by atoms with Gasteiger partial charge in [-0.3, -0.25) is 4.79 Å². The summed E-state index contributed by atoms with van der Waals surface area (Å²) in [5.41, 5.74) is -0.958. The van der Waals surface area contributed by atoms with Gasteiger partial charge in [0.2, 0.25) is 11.6 Å². The van der Waals surface area contributed by atoms with Crippen LogP contribution >= 0.6 is 0 Å². The summed E-state index contributed by atoms with van der Waals surface area (Å²) < 4.78 is 21.5. The van der Waals surface area contributed by atoms with Crippen molar-refractivity contribution in [3.05, 3.63) is 23.8 Å². The van der Waals surface area contributed by atoms with Crippen molar-refractivity contribution in [1.82, 2.24) is 0 Å². The highest BCUT2D eigenvalue weighted by atomic mass is 16.7. The van der Waals surface area contributed by atoms with Crippen LogP contribution in [-0.4, -0.2) is 51.6 Å². The minimum Gasteiger partial charge on any atom is -0.466 e. The number of Topliss-reactive ketones (excluding diaryl/α,β-unsaturated/α-hetero) is 1. The fraction of sp³-hybridized carbons (Fsp3) is 0.647. The van der Waals surface area contributed by atoms with Crippen molar-refractivity contribution in [3.63, 3.8) is 0 Å². The number of ketones is 1. The first-order valence-electron chi connectivity index (χ1n) is 7.38. The van der Waals surface area contributed by atoms with Crippen LogP contribution in [0.15, 0.2) is 23.8 Å². The predicted octanol–water partition coefficient (Wildman–Crippen LogP) is 1.65. The van der Waals surface area contributed by atoms with E-state index in [4.69, 9.17) is 18.9 Å². The number of hydrogen-bond donors (Lipinski definition) is 0. The fourth-order valence-corrected chi connectivity index (χ4v) is 3.96. The quantitative estimate of drug-likeness (QED) is 0.435. The van der Waals surface area contributed by atoms with Gasteiger partial charge in [-0.15, -0.1) is 0 Å². The van der Waals surface area contributed by atoms with E-state index in [2.05, 4.69) is 6.58 Å². The van der Waals surface area contributed by atoms with Gasteiger partial charge in [0, 0.05) is 32.3 Å². The minimum atomic E-state index is -1.58. The molecule has 6 heteroatoms. The first-order chi connectivity index (χ1) is 10.7. The first kappa shape index (κ1) is 17.8. The molecule has 0 N–H and O–H groups in total. The van der Waals surface area contributed by atoms with Gasteiger partial charge in [-0.05, 0) is 19.4 Å². The van der Waals surface area contributed by atoms with Crippen LogP contribution in [-0.2, 0) is 28.5 Å². The molecule has 3 atom stereocenters. The maximum atomic E-state index is 13.3. The smallest absolute Gasteiger partial charge is 0.334 e. The van der Waals surface area contributed by atoms with Crippen molar-refractivity contribution < 1.29 is 28.5 Å². The number of carbonyl (C=O) groups excluding carboxylic acids is 2. The Bertz CT molecular complexity index is 588. The summed E-state index contributed by atoms with van der Waals surface area (Å²) in [6.45, 7) is 7.78. The zero-order chi connectivity index (χ0) is 17.6. The molecule has 1 fully saturated rings. The van der Waals surface area contributed by atoms with Crippen LogP contribution in [0.2, 0.25) is 0 Å². The number of methoxy groups -OCH3 is 4. The normalized spacial score (nSPS) is 35.0. The molecule has 1 saturated carbocycles. The molecule has 0 saturated heterocycles. The number of fused-ring (bicyclic) bond motifs is 2. The van der Waals surface area contributed by atoms with Gasteiger partial charge in [-0.25, -0.2) is 4.79 Å². The van der Waals surface area contributed by atoms with E-state index >= 15 is 0 Å². The van der Waals surface area contributed by atoms with Crippen molar-refractivity contribution in [3.8, 4) is 0 Å². The van der Waals surface area contributed by atoms with Crippen molar-refractivity contribution in [2.45, 2.75) is 31.7 Å².